The summed E-state index contributed by atoms with van der Waals surface area (Å²) in [4.78, 5) is 15.6. The Morgan fingerprint density at radius 1 is 1.57 bits per heavy atom. The second-order valence-electron chi connectivity index (χ2n) is 7.90. The SMILES string of the molecule is CCC12CC3=CC(C)(C(C)O[N+](=O)[O-])CC(CN)(CC31)C2. The standard InChI is InChI=1S/C16H26N2O3/c1-4-16-6-12-5-14(3,11(2)21-18(19)20)8-15(9-16,10-17)7-13(12)16/h5,11,13H,4,6-10,17H2,1-3H3. The van der Waals surface area contributed by atoms with Crippen molar-refractivity contribution in [3.05, 3.63) is 21.8 Å². The van der Waals surface area contributed by atoms with Crippen molar-refractivity contribution in [3.8, 4) is 0 Å². The lowest BCUT2D eigenvalue weighted by Gasteiger charge is -2.51. The fraction of sp³-hybridized carbons (Fsp3) is 0.875. The molecule has 3 rings (SSSR count). The highest BCUT2D eigenvalue weighted by molar-refractivity contribution is 5.34. The normalized spacial score (nSPS) is 45.3. The molecule has 5 heteroatoms. The molecule has 21 heavy (non-hydrogen) atoms. The number of nitrogens with two attached hydrogens (primary N) is 1. The number of hydrogen-bond donors (Lipinski definition) is 1. The minimum absolute atomic E-state index is 0.123. The van der Waals surface area contributed by atoms with E-state index in [1.165, 1.54) is 18.4 Å². The average molecular weight is 294 g/mol. The zero-order valence-electron chi connectivity index (χ0n) is 13.2. The number of rotatable bonds is 5. The lowest BCUT2D eigenvalue weighted by Crippen LogP contribution is -2.44. The number of nitrogens with zero attached hydrogens (tertiary/aromatic N) is 1. The molecular formula is C16H26N2O3. The molecule has 118 valence electrons. The Hall–Kier alpha value is -1.10. The molecule has 0 saturated heterocycles. The van der Waals surface area contributed by atoms with E-state index in [-0.39, 0.29) is 10.8 Å². The second kappa shape index (κ2) is 4.45. The van der Waals surface area contributed by atoms with Gasteiger partial charge in [-0.15, -0.1) is 10.1 Å². The number of allylic oxidation sites excluding steroid dienone is 1. The molecule has 0 aromatic rings. The van der Waals surface area contributed by atoms with Gasteiger partial charge in [-0.3, -0.25) is 0 Å². The maximum atomic E-state index is 10.7. The van der Waals surface area contributed by atoms with Crippen LogP contribution in [0.3, 0.4) is 0 Å². The molecule has 0 radical (unpaired) electrons. The van der Waals surface area contributed by atoms with Crippen LogP contribution in [0.4, 0.5) is 0 Å². The van der Waals surface area contributed by atoms with Crippen LogP contribution >= 0.6 is 0 Å². The van der Waals surface area contributed by atoms with Crippen LogP contribution in [-0.2, 0) is 4.84 Å². The van der Waals surface area contributed by atoms with Gasteiger partial charge in [-0.2, -0.15) is 0 Å². The van der Waals surface area contributed by atoms with Crippen LogP contribution in [0, 0.1) is 32.3 Å². The average Bonchev–Trinajstić information content (AvgIpc) is 2.58. The van der Waals surface area contributed by atoms with Crippen LogP contribution in [0.15, 0.2) is 11.6 Å². The largest absolute Gasteiger partial charge is 0.330 e. The molecule has 2 bridgehead atoms. The third kappa shape index (κ3) is 2.00. The first-order chi connectivity index (χ1) is 9.78. The molecule has 5 unspecified atom stereocenters. The molecule has 2 saturated carbocycles. The minimum atomic E-state index is -0.663. The predicted octanol–water partition coefficient (Wildman–Crippen LogP) is 3.07. The molecule has 5 atom stereocenters. The van der Waals surface area contributed by atoms with E-state index in [4.69, 9.17) is 10.6 Å². The Kier molecular flexibility index (Phi) is 3.14. The van der Waals surface area contributed by atoms with Crippen molar-refractivity contribution >= 4 is 0 Å². The van der Waals surface area contributed by atoms with E-state index in [9.17, 15) is 10.1 Å². The molecule has 2 fully saturated rings. The fourth-order valence-electron chi connectivity index (χ4n) is 5.50. The monoisotopic (exact) mass is 294 g/mol. The lowest BCUT2D eigenvalue weighted by molar-refractivity contribution is -0.771. The Morgan fingerprint density at radius 3 is 2.86 bits per heavy atom. The quantitative estimate of drug-likeness (QED) is 0.480. The van der Waals surface area contributed by atoms with Crippen LogP contribution < -0.4 is 5.73 Å². The molecule has 0 aromatic carbocycles. The summed E-state index contributed by atoms with van der Waals surface area (Å²) in [6.45, 7) is 6.87. The van der Waals surface area contributed by atoms with Gasteiger partial charge in [0.25, 0.3) is 5.09 Å². The first-order valence-corrected chi connectivity index (χ1v) is 8.01. The third-order valence-corrected chi connectivity index (χ3v) is 6.69. The van der Waals surface area contributed by atoms with Crippen molar-refractivity contribution in [1.82, 2.24) is 0 Å². The summed E-state index contributed by atoms with van der Waals surface area (Å²) in [5.74, 6) is 0.649. The zero-order chi connectivity index (χ0) is 15.5. The van der Waals surface area contributed by atoms with Gasteiger partial charge in [0.1, 0.15) is 6.10 Å². The molecule has 5 nitrogen and oxygen atoms in total. The van der Waals surface area contributed by atoms with Crippen LogP contribution in [0.5, 0.6) is 0 Å². The summed E-state index contributed by atoms with van der Waals surface area (Å²) in [6, 6.07) is 0. The zero-order valence-corrected chi connectivity index (χ0v) is 13.2. The van der Waals surface area contributed by atoms with Gasteiger partial charge in [0.2, 0.25) is 0 Å². The summed E-state index contributed by atoms with van der Waals surface area (Å²) >= 11 is 0. The molecule has 2 N–H and O–H groups in total. The maximum absolute atomic E-state index is 10.7. The third-order valence-electron chi connectivity index (χ3n) is 6.69. The van der Waals surface area contributed by atoms with E-state index in [2.05, 4.69) is 19.9 Å². The summed E-state index contributed by atoms with van der Waals surface area (Å²) in [5, 5.41) is 10.1. The Bertz CT molecular complexity index is 506. The smallest absolute Gasteiger partial charge is 0.294 e. The lowest BCUT2D eigenvalue weighted by atomic mass is 9.54. The molecule has 0 aromatic heterocycles. The van der Waals surface area contributed by atoms with E-state index in [1.807, 2.05) is 6.92 Å². The molecule has 3 aliphatic carbocycles. The van der Waals surface area contributed by atoms with Gasteiger partial charge in [0, 0.05) is 5.41 Å². The fourth-order valence-corrected chi connectivity index (χ4v) is 5.50. The highest BCUT2D eigenvalue weighted by Gasteiger charge is 2.63. The minimum Gasteiger partial charge on any atom is -0.330 e. The Labute approximate surface area is 126 Å². The van der Waals surface area contributed by atoms with Gasteiger partial charge < -0.3 is 10.6 Å². The molecule has 3 aliphatic rings. The first kappa shape index (κ1) is 14.8. The number of hydrogen-bond acceptors (Lipinski definition) is 4. The van der Waals surface area contributed by atoms with Crippen LogP contribution in [-0.4, -0.2) is 17.7 Å². The topological polar surface area (TPSA) is 78.4 Å². The van der Waals surface area contributed by atoms with E-state index in [0.717, 1.165) is 19.3 Å². The van der Waals surface area contributed by atoms with E-state index in [1.54, 1.807) is 0 Å². The van der Waals surface area contributed by atoms with E-state index in [0.29, 0.717) is 17.9 Å². The van der Waals surface area contributed by atoms with Gasteiger partial charge in [0.05, 0.1) is 0 Å². The molecule has 0 amide bonds. The van der Waals surface area contributed by atoms with Gasteiger partial charge in [-0.1, -0.05) is 25.5 Å². The van der Waals surface area contributed by atoms with Gasteiger partial charge >= 0.3 is 0 Å². The first-order valence-electron chi connectivity index (χ1n) is 8.01. The predicted molar refractivity (Wildman–Crippen MR) is 79.9 cm³/mol. The summed E-state index contributed by atoms with van der Waals surface area (Å²) < 4.78 is 0. The van der Waals surface area contributed by atoms with Crippen molar-refractivity contribution in [2.45, 2.75) is 59.0 Å². The van der Waals surface area contributed by atoms with Gasteiger partial charge in [0.15, 0.2) is 0 Å². The van der Waals surface area contributed by atoms with Gasteiger partial charge in [-0.05, 0) is 62.3 Å². The highest BCUT2D eigenvalue weighted by Crippen LogP contribution is 2.71. The van der Waals surface area contributed by atoms with Crippen molar-refractivity contribution in [2.24, 2.45) is 27.9 Å². The molecule has 0 spiro atoms. The van der Waals surface area contributed by atoms with E-state index < -0.39 is 11.2 Å². The van der Waals surface area contributed by atoms with Crippen LogP contribution in [0.25, 0.3) is 0 Å². The summed E-state index contributed by atoms with van der Waals surface area (Å²) in [6.07, 6.45) is 7.45. The molecule has 0 aliphatic heterocycles. The second-order valence-corrected chi connectivity index (χ2v) is 7.90. The van der Waals surface area contributed by atoms with Crippen LogP contribution in [0.1, 0.15) is 52.9 Å². The maximum Gasteiger partial charge on any atom is 0.294 e. The van der Waals surface area contributed by atoms with Gasteiger partial charge in [-0.25, -0.2) is 0 Å². The summed E-state index contributed by atoms with van der Waals surface area (Å²) in [5.41, 5.74) is 7.94. The van der Waals surface area contributed by atoms with Crippen molar-refractivity contribution < 1.29 is 9.92 Å². The molecular weight excluding hydrogens is 268 g/mol. The Balaban J connectivity index is 1.95. The highest BCUT2D eigenvalue weighted by atomic mass is 17.0. The number of fused-ring (bicyclic) bond motifs is 1. The van der Waals surface area contributed by atoms with Crippen molar-refractivity contribution in [1.29, 1.82) is 0 Å². The summed E-state index contributed by atoms with van der Waals surface area (Å²) in [7, 11) is 0. The van der Waals surface area contributed by atoms with E-state index >= 15 is 0 Å². The molecule has 0 heterocycles. The van der Waals surface area contributed by atoms with Crippen molar-refractivity contribution in [2.75, 3.05) is 6.54 Å². The van der Waals surface area contributed by atoms with Crippen LogP contribution in [0.2, 0.25) is 0 Å². The van der Waals surface area contributed by atoms with Crippen molar-refractivity contribution in [3.63, 3.8) is 0 Å². The Morgan fingerprint density at radius 2 is 2.29 bits per heavy atom.